The van der Waals surface area contributed by atoms with Crippen molar-refractivity contribution >= 4 is 33.3 Å². The molecule has 1 N–H and O–H groups in total. The fourth-order valence-corrected chi connectivity index (χ4v) is 5.93. The fourth-order valence-electron chi connectivity index (χ4n) is 4.06. The highest BCUT2D eigenvalue weighted by atomic mass is 32.2. The number of sulfonamides is 1. The molecule has 1 aromatic carbocycles. The molecule has 0 unspecified atom stereocenters. The van der Waals surface area contributed by atoms with Crippen LogP contribution in [0.3, 0.4) is 0 Å². The molecule has 1 fully saturated rings. The Kier molecular flexibility index (Phi) is 7.33. The monoisotopic (exact) mass is 520 g/mol. The van der Waals surface area contributed by atoms with Crippen molar-refractivity contribution in [2.75, 3.05) is 17.4 Å². The lowest BCUT2D eigenvalue weighted by Gasteiger charge is -2.36. The number of hydrogen-bond acceptors (Lipinski definition) is 8. The smallest absolute Gasteiger partial charge is 0.427 e. The number of pyridine rings is 1. The SMILES string of the molecule is Cc1c(OC2CCN([C@H](C)c3ccccc3)CC2)cnc(S(=O)(=O)N(C(=O)O)c2cscn2)c1F. The number of rotatable bonds is 7. The van der Waals surface area contributed by atoms with Gasteiger partial charge in [-0.2, -0.15) is 8.42 Å². The third-order valence-corrected chi connectivity index (χ3v) is 8.24. The lowest BCUT2D eigenvalue weighted by Crippen LogP contribution is -2.39. The summed E-state index contributed by atoms with van der Waals surface area (Å²) in [5.74, 6) is -1.37. The van der Waals surface area contributed by atoms with Gasteiger partial charge in [0.25, 0.3) is 10.0 Å². The van der Waals surface area contributed by atoms with Crippen molar-refractivity contribution in [2.45, 2.75) is 43.9 Å². The standard InChI is InChI=1S/C23H25FN4O5S2/c1-15-19(33-18-8-10-27(11-9-18)16(2)17-6-4-3-5-7-17)12-25-22(21(15)24)35(31,32)28(23(29)30)20-13-34-14-26-20/h3-7,12-14,16,18H,8-11H2,1-2H3,(H,29,30)/t16-/m1/s1. The van der Waals surface area contributed by atoms with Crippen LogP contribution < -0.4 is 9.04 Å². The first-order chi connectivity index (χ1) is 16.7. The van der Waals surface area contributed by atoms with Gasteiger partial charge in [-0.25, -0.2) is 19.2 Å². The summed E-state index contributed by atoms with van der Waals surface area (Å²) in [6.07, 6.45) is 0.573. The molecule has 35 heavy (non-hydrogen) atoms. The molecule has 2 aromatic heterocycles. The van der Waals surface area contributed by atoms with Crippen molar-refractivity contribution in [1.29, 1.82) is 0 Å². The summed E-state index contributed by atoms with van der Waals surface area (Å²) >= 11 is 1.01. The van der Waals surface area contributed by atoms with Crippen LogP contribution >= 0.6 is 11.3 Å². The van der Waals surface area contributed by atoms with Gasteiger partial charge in [0.05, 0.1) is 11.7 Å². The molecule has 0 aliphatic carbocycles. The number of anilines is 1. The molecule has 1 amide bonds. The second-order valence-electron chi connectivity index (χ2n) is 8.21. The van der Waals surface area contributed by atoms with Crippen LogP contribution in [0, 0.1) is 12.7 Å². The van der Waals surface area contributed by atoms with E-state index >= 15 is 4.39 Å². The molecule has 1 atom stereocenters. The quantitative estimate of drug-likeness (QED) is 0.486. The third-order valence-electron chi connectivity index (χ3n) is 6.07. The Morgan fingerprint density at radius 2 is 1.94 bits per heavy atom. The molecular weight excluding hydrogens is 495 g/mol. The molecule has 9 nitrogen and oxygen atoms in total. The highest BCUT2D eigenvalue weighted by Gasteiger charge is 2.37. The van der Waals surface area contributed by atoms with E-state index in [1.54, 1.807) is 0 Å². The number of benzene rings is 1. The zero-order valence-corrected chi connectivity index (χ0v) is 20.8. The minimum atomic E-state index is -4.84. The van der Waals surface area contributed by atoms with Crippen molar-refractivity contribution in [2.24, 2.45) is 0 Å². The number of carbonyl (C=O) groups is 1. The number of amides is 1. The normalized spacial score (nSPS) is 16.1. The molecule has 12 heteroatoms. The first-order valence-corrected chi connectivity index (χ1v) is 13.4. The largest absolute Gasteiger partial charge is 0.488 e. The van der Waals surface area contributed by atoms with Crippen LogP contribution in [0.1, 0.15) is 36.9 Å². The van der Waals surface area contributed by atoms with Gasteiger partial charge in [-0.1, -0.05) is 30.3 Å². The molecule has 1 saturated heterocycles. The minimum absolute atomic E-state index is 0.0124. The lowest BCUT2D eigenvalue weighted by molar-refractivity contribution is 0.0786. The molecule has 1 aliphatic heterocycles. The van der Waals surface area contributed by atoms with Gasteiger partial charge in [-0.15, -0.1) is 15.6 Å². The molecule has 186 valence electrons. The number of likely N-dealkylation sites (tertiary alicyclic amines) is 1. The second-order valence-corrected chi connectivity index (χ2v) is 10.6. The van der Waals surface area contributed by atoms with Gasteiger partial charge < -0.3 is 9.84 Å². The van der Waals surface area contributed by atoms with Crippen molar-refractivity contribution in [3.05, 3.63) is 64.4 Å². The summed E-state index contributed by atoms with van der Waals surface area (Å²) in [7, 11) is -4.84. The Bertz CT molecular complexity index is 1280. The minimum Gasteiger partial charge on any atom is -0.488 e. The summed E-state index contributed by atoms with van der Waals surface area (Å²) in [5.41, 5.74) is 2.46. The topological polar surface area (TPSA) is 113 Å². The van der Waals surface area contributed by atoms with Crippen LogP contribution in [-0.2, 0) is 10.0 Å². The van der Waals surface area contributed by atoms with E-state index in [2.05, 4.69) is 33.9 Å². The zero-order valence-electron chi connectivity index (χ0n) is 19.2. The fraction of sp³-hybridized carbons (Fsp3) is 0.348. The Hall–Kier alpha value is -3.09. The highest BCUT2D eigenvalue weighted by molar-refractivity contribution is 7.93. The number of halogens is 1. The van der Waals surface area contributed by atoms with E-state index in [-0.39, 0.29) is 33.6 Å². The van der Waals surface area contributed by atoms with E-state index < -0.39 is 27.0 Å². The number of aromatic nitrogens is 2. The van der Waals surface area contributed by atoms with Gasteiger partial charge in [0.1, 0.15) is 11.9 Å². The number of hydrogen-bond donors (Lipinski definition) is 1. The van der Waals surface area contributed by atoms with E-state index in [0.29, 0.717) is 0 Å². The Morgan fingerprint density at radius 3 is 2.54 bits per heavy atom. The van der Waals surface area contributed by atoms with Crippen molar-refractivity contribution < 1.29 is 27.4 Å². The number of carboxylic acid groups (broad SMARTS) is 1. The van der Waals surface area contributed by atoms with Gasteiger partial charge >= 0.3 is 6.09 Å². The van der Waals surface area contributed by atoms with E-state index in [4.69, 9.17) is 4.74 Å². The van der Waals surface area contributed by atoms with Crippen LogP contribution in [0.25, 0.3) is 0 Å². The van der Waals surface area contributed by atoms with E-state index in [9.17, 15) is 18.3 Å². The average Bonchev–Trinajstić information content (AvgIpc) is 3.36. The maximum absolute atomic E-state index is 15.2. The first kappa shape index (κ1) is 25.0. The second kappa shape index (κ2) is 10.3. The number of piperidine rings is 1. The molecular formula is C23H25FN4O5S2. The van der Waals surface area contributed by atoms with Gasteiger partial charge in [-0.3, -0.25) is 4.90 Å². The van der Waals surface area contributed by atoms with Gasteiger partial charge in [0.15, 0.2) is 11.6 Å². The summed E-state index contributed by atoms with van der Waals surface area (Å²) in [6.45, 7) is 5.13. The number of thiazole rings is 1. The molecule has 3 aromatic rings. The molecule has 0 bridgehead atoms. The maximum Gasteiger partial charge on any atom is 0.427 e. The number of ether oxygens (including phenoxy) is 1. The third kappa shape index (κ3) is 5.14. The molecule has 1 aliphatic rings. The lowest BCUT2D eigenvalue weighted by atomic mass is 10.0. The van der Waals surface area contributed by atoms with Crippen LogP contribution in [0.4, 0.5) is 15.0 Å². The van der Waals surface area contributed by atoms with Gasteiger partial charge in [0, 0.05) is 30.1 Å². The summed E-state index contributed by atoms with van der Waals surface area (Å²) in [6, 6.07) is 10.5. The molecule has 3 heterocycles. The van der Waals surface area contributed by atoms with E-state index in [1.165, 1.54) is 23.4 Å². The number of nitrogens with zero attached hydrogens (tertiary/aromatic N) is 4. The molecule has 4 rings (SSSR count). The highest BCUT2D eigenvalue weighted by Crippen LogP contribution is 2.31. The Labute approximate surface area is 206 Å². The average molecular weight is 521 g/mol. The molecule has 0 spiro atoms. The predicted octanol–water partition coefficient (Wildman–Crippen LogP) is 4.46. The molecule has 0 saturated carbocycles. The summed E-state index contributed by atoms with van der Waals surface area (Å²) < 4.78 is 47.0. The first-order valence-electron chi connectivity index (χ1n) is 11.0. The van der Waals surface area contributed by atoms with Crippen molar-refractivity contribution in [3.63, 3.8) is 0 Å². The summed E-state index contributed by atoms with van der Waals surface area (Å²) in [5, 5.41) is 9.68. The van der Waals surface area contributed by atoms with Crippen LogP contribution in [0.2, 0.25) is 0 Å². The van der Waals surface area contributed by atoms with Gasteiger partial charge in [-0.05, 0) is 32.3 Å². The van der Waals surface area contributed by atoms with E-state index in [0.717, 1.165) is 43.5 Å². The maximum atomic E-state index is 15.2. The van der Waals surface area contributed by atoms with Gasteiger partial charge in [0.2, 0.25) is 5.03 Å². The van der Waals surface area contributed by atoms with E-state index in [1.807, 2.05) is 18.2 Å². The van der Waals surface area contributed by atoms with Crippen LogP contribution in [-0.4, -0.2) is 53.7 Å². The van der Waals surface area contributed by atoms with Crippen LogP contribution in [0.5, 0.6) is 5.75 Å². The summed E-state index contributed by atoms with van der Waals surface area (Å²) in [4.78, 5) is 21.5. The predicted molar refractivity (Wildman–Crippen MR) is 129 cm³/mol. The zero-order chi connectivity index (χ0) is 25.2. The molecule has 0 radical (unpaired) electrons. The van der Waals surface area contributed by atoms with Crippen molar-refractivity contribution in [1.82, 2.24) is 14.9 Å². The van der Waals surface area contributed by atoms with Crippen LogP contribution in [0.15, 0.2) is 52.4 Å². The Morgan fingerprint density at radius 1 is 1.26 bits per heavy atom. The Balaban J connectivity index is 1.47. The van der Waals surface area contributed by atoms with Crippen molar-refractivity contribution in [3.8, 4) is 5.75 Å².